The summed E-state index contributed by atoms with van der Waals surface area (Å²) < 4.78 is 51.1. The van der Waals surface area contributed by atoms with E-state index in [1.807, 2.05) is 12.1 Å². The number of fused-ring (bicyclic) bond motifs is 1. The molecule has 0 unspecified atom stereocenters. The van der Waals surface area contributed by atoms with Gasteiger partial charge >= 0.3 is 6.18 Å². The van der Waals surface area contributed by atoms with Gasteiger partial charge in [0, 0.05) is 17.7 Å². The number of nitrogens with one attached hydrogen (secondary N) is 1. The van der Waals surface area contributed by atoms with Crippen LogP contribution in [0, 0.1) is 0 Å². The molecule has 146 valence electrons. The third kappa shape index (κ3) is 2.94. The highest BCUT2D eigenvalue weighted by atomic mass is 19.4. The van der Waals surface area contributed by atoms with E-state index in [1.165, 1.54) is 12.1 Å². The van der Waals surface area contributed by atoms with Crippen molar-refractivity contribution >= 4 is 5.82 Å². The van der Waals surface area contributed by atoms with Crippen molar-refractivity contribution in [1.29, 1.82) is 0 Å². The summed E-state index contributed by atoms with van der Waals surface area (Å²) in [4.78, 5) is 0. The Morgan fingerprint density at radius 2 is 1.79 bits per heavy atom. The van der Waals surface area contributed by atoms with Gasteiger partial charge in [0.2, 0.25) is 0 Å². The Morgan fingerprint density at radius 1 is 1.04 bits per heavy atom. The van der Waals surface area contributed by atoms with Gasteiger partial charge in [0.15, 0.2) is 11.5 Å². The minimum absolute atomic E-state index is 0.548. The minimum atomic E-state index is -4.37. The zero-order valence-electron chi connectivity index (χ0n) is 15.3. The van der Waals surface area contributed by atoms with Crippen molar-refractivity contribution in [1.82, 2.24) is 9.78 Å². The van der Waals surface area contributed by atoms with Crippen molar-refractivity contribution in [2.75, 3.05) is 26.1 Å². The first kappa shape index (κ1) is 18.2. The summed E-state index contributed by atoms with van der Waals surface area (Å²) >= 11 is 0. The molecular formula is C20H18F3N3O2. The van der Waals surface area contributed by atoms with E-state index in [4.69, 9.17) is 9.47 Å². The minimum Gasteiger partial charge on any atom is -0.493 e. The summed E-state index contributed by atoms with van der Waals surface area (Å²) in [6.07, 6.45) is -3.62. The predicted molar refractivity (Wildman–Crippen MR) is 99.3 cm³/mol. The summed E-state index contributed by atoms with van der Waals surface area (Å²) in [5.74, 6) is 1.93. The molecule has 2 aromatic carbocycles. The van der Waals surface area contributed by atoms with Crippen LogP contribution in [-0.2, 0) is 12.6 Å². The van der Waals surface area contributed by atoms with E-state index < -0.39 is 11.7 Å². The number of rotatable bonds is 4. The Labute approximate surface area is 159 Å². The van der Waals surface area contributed by atoms with Crippen LogP contribution in [0.5, 0.6) is 11.5 Å². The number of benzene rings is 2. The summed E-state index contributed by atoms with van der Waals surface area (Å²) in [5, 5.41) is 7.96. The molecule has 0 atom stereocenters. The highest BCUT2D eigenvalue weighted by molar-refractivity contribution is 5.78. The van der Waals surface area contributed by atoms with Gasteiger partial charge in [0.25, 0.3) is 0 Å². The van der Waals surface area contributed by atoms with Crippen LogP contribution in [0.3, 0.4) is 0 Å². The van der Waals surface area contributed by atoms with Crippen molar-refractivity contribution in [2.45, 2.75) is 12.6 Å². The van der Waals surface area contributed by atoms with Gasteiger partial charge in [-0.1, -0.05) is 6.07 Å². The molecule has 2 heterocycles. The van der Waals surface area contributed by atoms with E-state index >= 15 is 0 Å². The highest BCUT2D eigenvalue weighted by Crippen LogP contribution is 2.42. The molecule has 0 aliphatic carbocycles. The van der Waals surface area contributed by atoms with Gasteiger partial charge < -0.3 is 14.8 Å². The Bertz CT molecular complexity index is 1010. The van der Waals surface area contributed by atoms with Crippen molar-refractivity contribution in [2.24, 2.45) is 0 Å². The van der Waals surface area contributed by atoms with Crippen molar-refractivity contribution < 1.29 is 22.6 Å². The predicted octanol–water partition coefficient (Wildman–Crippen LogP) is 4.54. The van der Waals surface area contributed by atoms with Gasteiger partial charge in [0.1, 0.15) is 11.5 Å². The van der Waals surface area contributed by atoms with Crippen LogP contribution in [0.4, 0.5) is 19.0 Å². The number of anilines is 1. The average Bonchev–Trinajstić information content (AvgIpc) is 3.29. The number of aromatic nitrogens is 2. The fourth-order valence-corrected chi connectivity index (χ4v) is 3.44. The lowest BCUT2D eigenvalue weighted by molar-refractivity contribution is -0.137. The maximum absolute atomic E-state index is 12.9. The maximum atomic E-state index is 12.9. The molecule has 0 radical (unpaired) electrons. The second-order valence-corrected chi connectivity index (χ2v) is 6.35. The summed E-state index contributed by atoms with van der Waals surface area (Å²) in [7, 11) is 3.13. The highest BCUT2D eigenvalue weighted by Gasteiger charge is 2.31. The van der Waals surface area contributed by atoms with Gasteiger partial charge in [-0.2, -0.15) is 18.3 Å². The number of methoxy groups -OCH3 is 2. The summed E-state index contributed by atoms with van der Waals surface area (Å²) in [5.41, 5.74) is 2.34. The van der Waals surface area contributed by atoms with E-state index in [9.17, 15) is 13.2 Å². The lowest BCUT2D eigenvalue weighted by Crippen LogP contribution is -2.07. The number of para-hydroxylation sites is 1. The zero-order chi connectivity index (χ0) is 19.9. The molecule has 3 aromatic rings. The van der Waals surface area contributed by atoms with E-state index in [0.717, 1.165) is 47.7 Å². The lowest BCUT2D eigenvalue weighted by atomic mass is 10.1. The largest absolute Gasteiger partial charge is 0.493 e. The second kappa shape index (κ2) is 6.78. The quantitative estimate of drug-likeness (QED) is 0.712. The average molecular weight is 389 g/mol. The summed E-state index contributed by atoms with van der Waals surface area (Å²) in [6, 6.07) is 10.5. The Balaban J connectivity index is 1.84. The normalized spacial score (nSPS) is 13.2. The molecule has 4 rings (SSSR count). The first-order chi connectivity index (χ1) is 13.4. The molecule has 0 bridgehead atoms. The molecule has 5 nitrogen and oxygen atoms in total. The second-order valence-electron chi connectivity index (χ2n) is 6.35. The number of hydrogen-bond acceptors (Lipinski definition) is 4. The molecular weight excluding hydrogens is 371 g/mol. The van der Waals surface area contributed by atoms with Gasteiger partial charge in [-0.3, -0.25) is 0 Å². The smallest absolute Gasteiger partial charge is 0.416 e. The van der Waals surface area contributed by atoms with Crippen molar-refractivity contribution in [3.63, 3.8) is 0 Å². The molecule has 0 fully saturated rings. The third-order valence-electron chi connectivity index (χ3n) is 4.75. The van der Waals surface area contributed by atoms with Crippen LogP contribution in [-0.4, -0.2) is 30.5 Å². The van der Waals surface area contributed by atoms with Gasteiger partial charge in [-0.05, 0) is 42.8 Å². The topological polar surface area (TPSA) is 48.3 Å². The Hall–Kier alpha value is -3.16. The van der Waals surface area contributed by atoms with Crippen molar-refractivity contribution in [3.8, 4) is 28.4 Å². The molecule has 8 heteroatoms. The molecule has 1 aromatic heterocycles. The van der Waals surface area contributed by atoms with Gasteiger partial charge in [-0.25, -0.2) is 4.68 Å². The van der Waals surface area contributed by atoms with Crippen LogP contribution in [0.25, 0.3) is 16.9 Å². The van der Waals surface area contributed by atoms with Crippen LogP contribution < -0.4 is 14.8 Å². The molecule has 1 aliphatic heterocycles. The van der Waals surface area contributed by atoms with E-state index in [0.29, 0.717) is 17.2 Å². The molecule has 0 amide bonds. The van der Waals surface area contributed by atoms with Crippen molar-refractivity contribution in [3.05, 3.63) is 53.6 Å². The van der Waals surface area contributed by atoms with Crippen LogP contribution in [0.2, 0.25) is 0 Å². The standard InChI is InChI=1S/C20H18F3N3O2/c1-27-16-5-3-4-14(18(16)28-2)17-15-10-11-24-19(15)26(25-17)13-8-6-12(7-9-13)20(21,22)23/h3-9,24H,10-11H2,1-2H3. The molecule has 0 spiro atoms. The van der Waals surface area contributed by atoms with E-state index in [1.54, 1.807) is 25.0 Å². The zero-order valence-corrected chi connectivity index (χ0v) is 15.3. The first-order valence-corrected chi connectivity index (χ1v) is 8.69. The molecule has 0 saturated carbocycles. The lowest BCUT2D eigenvalue weighted by Gasteiger charge is -2.12. The first-order valence-electron chi connectivity index (χ1n) is 8.69. The van der Waals surface area contributed by atoms with Crippen LogP contribution in [0.1, 0.15) is 11.1 Å². The fourth-order valence-electron chi connectivity index (χ4n) is 3.44. The molecule has 1 N–H and O–H groups in total. The summed E-state index contributed by atoms with van der Waals surface area (Å²) in [6.45, 7) is 0.729. The van der Waals surface area contributed by atoms with E-state index in [2.05, 4.69) is 10.4 Å². The third-order valence-corrected chi connectivity index (χ3v) is 4.75. The Kier molecular flexibility index (Phi) is 4.41. The number of ether oxygens (including phenoxy) is 2. The maximum Gasteiger partial charge on any atom is 0.416 e. The Morgan fingerprint density at radius 3 is 2.43 bits per heavy atom. The monoisotopic (exact) mass is 389 g/mol. The van der Waals surface area contributed by atoms with Gasteiger partial charge in [-0.15, -0.1) is 0 Å². The van der Waals surface area contributed by atoms with Crippen LogP contribution >= 0.6 is 0 Å². The van der Waals surface area contributed by atoms with Crippen LogP contribution in [0.15, 0.2) is 42.5 Å². The number of halogens is 3. The SMILES string of the molecule is COc1cccc(-c2nn(-c3ccc(C(F)(F)F)cc3)c3c2CCN3)c1OC. The van der Waals surface area contributed by atoms with Gasteiger partial charge in [0.05, 0.1) is 25.5 Å². The molecule has 28 heavy (non-hydrogen) atoms. The number of hydrogen-bond donors (Lipinski definition) is 1. The number of alkyl halides is 3. The fraction of sp³-hybridized carbons (Fsp3) is 0.250. The number of nitrogens with zero attached hydrogens (tertiary/aromatic N) is 2. The molecule has 1 aliphatic rings. The van der Waals surface area contributed by atoms with E-state index in [-0.39, 0.29) is 0 Å². The molecule has 0 saturated heterocycles.